The second kappa shape index (κ2) is 6.14. The first kappa shape index (κ1) is 15.3. The molecule has 0 aromatic heterocycles. The van der Waals surface area contributed by atoms with Gasteiger partial charge >= 0.3 is 0 Å². The van der Waals surface area contributed by atoms with Gasteiger partial charge < -0.3 is 10.1 Å². The molecule has 0 aliphatic heterocycles. The number of nitrogens with one attached hydrogen (secondary N) is 1. The lowest BCUT2D eigenvalue weighted by atomic mass is 10.1. The van der Waals surface area contributed by atoms with Crippen LogP contribution in [0.1, 0.15) is 13.8 Å². The van der Waals surface area contributed by atoms with Gasteiger partial charge in [0.2, 0.25) is 0 Å². The van der Waals surface area contributed by atoms with E-state index < -0.39 is 5.60 Å². The van der Waals surface area contributed by atoms with Gasteiger partial charge in [-0.15, -0.1) is 0 Å². The van der Waals surface area contributed by atoms with Crippen molar-refractivity contribution in [3.8, 4) is 5.75 Å². The molecular weight excluding hydrogens is 293 g/mol. The molecule has 0 aliphatic rings. The highest BCUT2D eigenvalue weighted by atomic mass is 35.5. The lowest BCUT2D eigenvalue weighted by molar-refractivity contribution is -0.128. The average Bonchev–Trinajstić information content (AvgIpc) is 2.43. The summed E-state index contributed by atoms with van der Waals surface area (Å²) in [4.78, 5) is 12.2. The second-order valence-electron chi connectivity index (χ2n) is 5.03. The monoisotopic (exact) mass is 307 g/mol. The molecule has 2 aromatic rings. The van der Waals surface area contributed by atoms with Crippen molar-refractivity contribution in [2.75, 3.05) is 5.32 Å². The van der Waals surface area contributed by atoms with Gasteiger partial charge in [0.1, 0.15) is 11.6 Å². The van der Waals surface area contributed by atoms with E-state index in [1.165, 1.54) is 24.3 Å². The van der Waals surface area contributed by atoms with Crippen LogP contribution in [0.2, 0.25) is 5.02 Å². The summed E-state index contributed by atoms with van der Waals surface area (Å²) in [5.74, 6) is -0.243. The fourth-order valence-electron chi connectivity index (χ4n) is 1.66. The van der Waals surface area contributed by atoms with Crippen LogP contribution in [0.5, 0.6) is 5.75 Å². The van der Waals surface area contributed by atoms with Crippen molar-refractivity contribution < 1.29 is 13.9 Å². The molecule has 0 heterocycles. The average molecular weight is 308 g/mol. The van der Waals surface area contributed by atoms with Crippen molar-refractivity contribution >= 4 is 23.2 Å². The second-order valence-corrected chi connectivity index (χ2v) is 5.46. The third-order valence-electron chi connectivity index (χ3n) is 2.84. The van der Waals surface area contributed by atoms with Crippen LogP contribution in [0.25, 0.3) is 0 Å². The first-order chi connectivity index (χ1) is 9.87. The molecule has 3 nitrogen and oxygen atoms in total. The normalized spacial score (nSPS) is 11.0. The molecule has 0 unspecified atom stereocenters. The summed E-state index contributed by atoms with van der Waals surface area (Å²) >= 11 is 5.79. The van der Waals surface area contributed by atoms with E-state index in [2.05, 4.69) is 5.32 Å². The van der Waals surface area contributed by atoms with Gasteiger partial charge in [0.05, 0.1) is 0 Å². The lowest BCUT2D eigenvalue weighted by Crippen LogP contribution is -2.42. The summed E-state index contributed by atoms with van der Waals surface area (Å²) < 4.78 is 18.5. The molecule has 0 fully saturated rings. The third kappa shape index (κ3) is 4.20. The van der Waals surface area contributed by atoms with E-state index >= 15 is 0 Å². The largest absolute Gasteiger partial charge is 0.478 e. The van der Waals surface area contributed by atoms with Crippen molar-refractivity contribution in [3.63, 3.8) is 0 Å². The van der Waals surface area contributed by atoms with Crippen molar-refractivity contribution in [2.45, 2.75) is 19.4 Å². The van der Waals surface area contributed by atoms with Crippen molar-refractivity contribution in [1.82, 2.24) is 0 Å². The van der Waals surface area contributed by atoms with Gasteiger partial charge in [0.25, 0.3) is 5.91 Å². The predicted molar refractivity (Wildman–Crippen MR) is 81.2 cm³/mol. The van der Waals surface area contributed by atoms with E-state index in [0.29, 0.717) is 16.5 Å². The Labute approximate surface area is 127 Å². The van der Waals surface area contributed by atoms with E-state index in [0.717, 1.165) is 0 Å². The number of carbonyl (C=O) groups excluding carboxylic acids is 1. The van der Waals surface area contributed by atoms with E-state index in [9.17, 15) is 9.18 Å². The van der Waals surface area contributed by atoms with E-state index in [1.54, 1.807) is 38.1 Å². The van der Waals surface area contributed by atoms with Crippen LogP contribution >= 0.6 is 11.6 Å². The number of amides is 1. The maximum Gasteiger partial charge on any atom is 0.267 e. The molecule has 110 valence electrons. The Bertz CT molecular complexity index is 624. The van der Waals surface area contributed by atoms with Gasteiger partial charge in [-0.3, -0.25) is 4.79 Å². The summed E-state index contributed by atoms with van der Waals surface area (Å²) in [5, 5.41) is 3.34. The topological polar surface area (TPSA) is 38.3 Å². The van der Waals surface area contributed by atoms with Crippen LogP contribution in [-0.2, 0) is 4.79 Å². The molecule has 0 atom stereocenters. The number of ether oxygens (including phenoxy) is 1. The Kier molecular flexibility index (Phi) is 4.48. The van der Waals surface area contributed by atoms with Gasteiger partial charge in [-0.1, -0.05) is 11.6 Å². The Hall–Kier alpha value is -2.07. The molecule has 21 heavy (non-hydrogen) atoms. The Morgan fingerprint density at radius 3 is 2.24 bits per heavy atom. The first-order valence-electron chi connectivity index (χ1n) is 6.38. The van der Waals surface area contributed by atoms with Crippen molar-refractivity contribution in [3.05, 3.63) is 59.4 Å². The highest BCUT2D eigenvalue weighted by molar-refractivity contribution is 6.30. The number of carbonyl (C=O) groups is 1. The maximum absolute atomic E-state index is 12.9. The Morgan fingerprint density at radius 2 is 1.67 bits per heavy atom. The van der Waals surface area contributed by atoms with Gasteiger partial charge in [0, 0.05) is 10.7 Å². The highest BCUT2D eigenvalue weighted by Crippen LogP contribution is 2.21. The summed E-state index contributed by atoms with van der Waals surface area (Å²) in [5.41, 5.74) is -0.475. The smallest absolute Gasteiger partial charge is 0.267 e. The minimum absolute atomic E-state index is 0.311. The number of hydrogen-bond donors (Lipinski definition) is 1. The number of anilines is 1. The number of halogens is 2. The minimum Gasteiger partial charge on any atom is -0.478 e. The fourth-order valence-corrected chi connectivity index (χ4v) is 1.78. The molecule has 2 aromatic carbocycles. The summed E-state index contributed by atoms with van der Waals surface area (Å²) in [7, 11) is 0. The van der Waals surface area contributed by atoms with Gasteiger partial charge in [-0.25, -0.2) is 4.39 Å². The molecule has 0 aliphatic carbocycles. The first-order valence-corrected chi connectivity index (χ1v) is 6.76. The molecule has 0 radical (unpaired) electrons. The molecule has 1 N–H and O–H groups in total. The van der Waals surface area contributed by atoms with Gasteiger partial charge in [-0.2, -0.15) is 0 Å². The summed E-state index contributed by atoms with van der Waals surface area (Å²) in [6.45, 7) is 3.28. The highest BCUT2D eigenvalue weighted by Gasteiger charge is 2.30. The van der Waals surface area contributed by atoms with Gasteiger partial charge in [-0.05, 0) is 62.4 Å². The molecule has 0 saturated carbocycles. The molecule has 0 spiro atoms. The SMILES string of the molecule is CC(C)(Oc1ccc(F)cc1)C(=O)Nc1ccc(Cl)cc1. The zero-order valence-corrected chi connectivity index (χ0v) is 12.4. The third-order valence-corrected chi connectivity index (χ3v) is 3.09. The molecule has 0 bridgehead atoms. The summed E-state index contributed by atoms with van der Waals surface area (Å²) in [6.07, 6.45) is 0. The Morgan fingerprint density at radius 1 is 1.10 bits per heavy atom. The fraction of sp³-hybridized carbons (Fsp3) is 0.188. The molecule has 1 amide bonds. The molecular formula is C16H15ClFNO2. The number of hydrogen-bond acceptors (Lipinski definition) is 2. The van der Waals surface area contributed by atoms with E-state index in [4.69, 9.17) is 16.3 Å². The lowest BCUT2D eigenvalue weighted by Gasteiger charge is -2.25. The molecule has 5 heteroatoms. The van der Waals surface area contributed by atoms with Crippen molar-refractivity contribution in [2.24, 2.45) is 0 Å². The quantitative estimate of drug-likeness (QED) is 0.915. The molecule has 0 saturated heterocycles. The standard InChI is InChI=1S/C16H15ClFNO2/c1-16(2,21-14-9-5-12(18)6-10-14)15(20)19-13-7-3-11(17)4-8-13/h3-10H,1-2H3,(H,19,20). The van der Waals surface area contributed by atoms with Crippen LogP contribution in [0.3, 0.4) is 0 Å². The number of benzene rings is 2. The van der Waals surface area contributed by atoms with Crippen LogP contribution < -0.4 is 10.1 Å². The zero-order chi connectivity index (χ0) is 15.5. The van der Waals surface area contributed by atoms with Gasteiger partial charge in [0.15, 0.2) is 5.60 Å². The van der Waals surface area contributed by atoms with E-state index in [1.807, 2.05) is 0 Å². The van der Waals surface area contributed by atoms with Crippen LogP contribution in [-0.4, -0.2) is 11.5 Å². The van der Waals surface area contributed by atoms with Crippen LogP contribution in [0.4, 0.5) is 10.1 Å². The predicted octanol–water partition coefficient (Wildman–Crippen LogP) is 4.28. The Balaban J connectivity index is 2.05. The minimum atomic E-state index is -1.10. The van der Waals surface area contributed by atoms with Crippen molar-refractivity contribution in [1.29, 1.82) is 0 Å². The number of rotatable bonds is 4. The maximum atomic E-state index is 12.9. The molecule has 2 rings (SSSR count). The zero-order valence-electron chi connectivity index (χ0n) is 11.7. The summed E-state index contributed by atoms with van der Waals surface area (Å²) in [6, 6.07) is 12.3. The van der Waals surface area contributed by atoms with E-state index in [-0.39, 0.29) is 11.7 Å². The van der Waals surface area contributed by atoms with Crippen LogP contribution in [0.15, 0.2) is 48.5 Å². The van der Waals surface area contributed by atoms with Crippen LogP contribution in [0, 0.1) is 5.82 Å².